The molecule has 0 aliphatic carbocycles. The molecular weight excluding hydrogens is 289 g/mol. The second kappa shape index (κ2) is 5.95. The van der Waals surface area contributed by atoms with Crippen molar-refractivity contribution < 1.29 is 4.39 Å². The van der Waals surface area contributed by atoms with Crippen LogP contribution >= 0.6 is 0 Å². The van der Waals surface area contributed by atoms with Crippen molar-refractivity contribution in [3.63, 3.8) is 0 Å². The van der Waals surface area contributed by atoms with Crippen LogP contribution in [0.1, 0.15) is 16.7 Å². The fourth-order valence-electron chi connectivity index (χ4n) is 3.09. The lowest BCUT2D eigenvalue weighted by Gasteiger charge is -2.24. The molecule has 2 N–H and O–H groups in total. The van der Waals surface area contributed by atoms with E-state index in [0.29, 0.717) is 0 Å². The molecule has 0 aromatic heterocycles. The Labute approximate surface area is 136 Å². The molecule has 3 rings (SSSR count). The number of aryl methyl sites for hydroxylation is 2. The molecule has 2 aromatic carbocycles. The summed E-state index contributed by atoms with van der Waals surface area (Å²) in [6, 6.07) is 11.0. The van der Waals surface area contributed by atoms with Gasteiger partial charge in [-0.3, -0.25) is 0 Å². The molecule has 1 saturated heterocycles. The number of hydrogen-bond donors (Lipinski definition) is 1. The Hall–Kier alpha value is -2.49. The number of benzene rings is 2. The second-order valence-electron chi connectivity index (χ2n) is 6.14. The summed E-state index contributed by atoms with van der Waals surface area (Å²) in [5.74, 6) is -0.213. The lowest BCUT2D eigenvalue weighted by atomic mass is 10.1. The molecule has 120 valence electrons. The van der Waals surface area contributed by atoms with Crippen molar-refractivity contribution in [3.05, 3.63) is 65.5 Å². The molecule has 3 nitrogen and oxygen atoms in total. The molecule has 1 aliphatic rings. The standard InChI is InChI=1S/C19H22FN3/c1-13-4-7-19(18(21)10-13)23-9-8-22(12-23)15(3)17-6-5-16(20)11-14(17)2/h4-7,10-11H,3,8-9,12,21H2,1-2H3. The van der Waals surface area contributed by atoms with Gasteiger partial charge in [-0.1, -0.05) is 12.6 Å². The lowest BCUT2D eigenvalue weighted by molar-refractivity contribution is 0.497. The van der Waals surface area contributed by atoms with Crippen molar-refractivity contribution in [2.24, 2.45) is 0 Å². The first kappa shape index (κ1) is 15.4. The quantitative estimate of drug-likeness (QED) is 0.876. The Kier molecular flexibility index (Phi) is 3.99. The minimum Gasteiger partial charge on any atom is -0.397 e. The van der Waals surface area contributed by atoms with E-state index in [2.05, 4.69) is 28.5 Å². The monoisotopic (exact) mass is 311 g/mol. The molecule has 1 heterocycles. The van der Waals surface area contributed by atoms with Crippen LogP contribution in [0, 0.1) is 19.7 Å². The highest BCUT2D eigenvalue weighted by atomic mass is 19.1. The molecule has 0 atom stereocenters. The largest absolute Gasteiger partial charge is 0.397 e. The van der Waals surface area contributed by atoms with Gasteiger partial charge in [-0.25, -0.2) is 4.39 Å². The van der Waals surface area contributed by atoms with E-state index >= 15 is 0 Å². The molecule has 1 aliphatic heterocycles. The molecular formula is C19H22FN3. The van der Waals surface area contributed by atoms with Crippen LogP contribution in [0.5, 0.6) is 0 Å². The Morgan fingerprint density at radius 1 is 1.13 bits per heavy atom. The van der Waals surface area contributed by atoms with Gasteiger partial charge in [-0.15, -0.1) is 0 Å². The Bertz CT molecular complexity index is 754. The zero-order valence-electron chi connectivity index (χ0n) is 13.6. The van der Waals surface area contributed by atoms with Crippen LogP contribution in [0.4, 0.5) is 15.8 Å². The highest BCUT2D eigenvalue weighted by Crippen LogP contribution is 2.30. The highest BCUT2D eigenvalue weighted by Gasteiger charge is 2.23. The summed E-state index contributed by atoms with van der Waals surface area (Å²) in [5, 5.41) is 0. The van der Waals surface area contributed by atoms with Gasteiger partial charge < -0.3 is 15.5 Å². The number of anilines is 2. The lowest BCUT2D eigenvalue weighted by Crippen LogP contribution is -2.25. The van der Waals surface area contributed by atoms with Gasteiger partial charge in [0.05, 0.1) is 18.0 Å². The van der Waals surface area contributed by atoms with Gasteiger partial charge in [0.25, 0.3) is 0 Å². The molecule has 0 unspecified atom stereocenters. The van der Waals surface area contributed by atoms with Crippen LogP contribution < -0.4 is 10.6 Å². The molecule has 4 heteroatoms. The summed E-state index contributed by atoms with van der Waals surface area (Å²) in [6.07, 6.45) is 0. The minimum atomic E-state index is -0.213. The first-order valence-electron chi connectivity index (χ1n) is 7.77. The first-order chi connectivity index (χ1) is 11.0. The fourth-order valence-corrected chi connectivity index (χ4v) is 3.09. The van der Waals surface area contributed by atoms with E-state index < -0.39 is 0 Å². The molecule has 1 fully saturated rings. The summed E-state index contributed by atoms with van der Waals surface area (Å²) >= 11 is 0. The summed E-state index contributed by atoms with van der Waals surface area (Å²) < 4.78 is 13.3. The maximum atomic E-state index is 13.3. The van der Waals surface area contributed by atoms with Crippen LogP contribution in [-0.2, 0) is 0 Å². The molecule has 0 saturated carbocycles. The van der Waals surface area contributed by atoms with E-state index in [1.807, 2.05) is 19.9 Å². The van der Waals surface area contributed by atoms with Gasteiger partial charge in [-0.2, -0.15) is 0 Å². The summed E-state index contributed by atoms with van der Waals surface area (Å²) in [4.78, 5) is 4.46. The molecule has 0 spiro atoms. The highest BCUT2D eigenvalue weighted by molar-refractivity contribution is 5.70. The van der Waals surface area contributed by atoms with Crippen molar-refractivity contribution >= 4 is 17.1 Å². The zero-order valence-corrected chi connectivity index (χ0v) is 13.6. The van der Waals surface area contributed by atoms with E-state index in [4.69, 9.17) is 5.73 Å². The van der Waals surface area contributed by atoms with E-state index in [9.17, 15) is 4.39 Å². The van der Waals surface area contributed by atoms with Crippen LogP contribution in [-0.4, -0.2) is 24.7 Å². The van der Waals surface area contributed by atoms with Crippen molar-refractivity contribution in [3.8, 4) is 0 Å². The van der Waals surface area contributed by atoms with Crippen LogP contribution in [0.25, 0.3) is 5.70 Å². The van der Waals surface area contributed by atoms with E-state index in [1.165, 1.54) is 6.07 Å². The number of halogens is 1. The first-order valence-corrected chi connectivity index (χ1v) is 7.77. The predicted octanol–water partition coefficient (Wildman–Crippen LogP) is 3.78. The zero-order chi connectivity index (χ0) is 16.6. The maximum absolute atomic E-state index is 13.3. The maximum Gasteiger partial charge on any atom is 0.123 e. The Balaban J connectivity index is 1.78. The molecule has 0 radical (unpaired) electrons. The minimum absolute atomic E-state index is 0.213. The van der Waals surface area contributed by atoms with Crippen LogP contribution in [0.3, 0.4) is 0 Å². The topological polar surface area (TPSA) is 32.5 Å². The van der Waals surface area contributed by atoms with Crippen LogP contribution in [0.15, 0.2) is 43.0 Å². The van der Waals surface area contributed by atoms with E-state index in [1.54, 1.807) is 12.1 Å². The second-order valence-corrected chi connectivity index (χ2v) is 6.14. The number of hydrogen-bond acceptors (Lipinski definition) is 3. The average molecular weight is 311 g/mol. The van der Waals surface area contributed by atoms with Gasteiger partial charge in [-0.05, 0) is 55.3 Å². The molecule has 0 amide bonds. The smallest absolute Gasteiger partial charge is 0.123 e. The summed E-state index contributed by atoms with van der Waals surface area (Å²) in [5.41, 5.74) is 12.0. The third-order valence-corrected chi connectivity index (χ3v) is 4.39. The van der Waals surface area contributed by atoms with Crippen molar-refractivity contribution in [2.75, 3.05) is 30.4 Å². The molecule has 2 aromatic rings. The van der Waals surface area contributed by atoms with E-state index in [-0.39, 0.29) is 5.82 Å². The van der Waals surface area contributed by atoms with Crippen LogP contribution in [0.2, 0.25) is 0 Å². The number of nitrogens with zero attached hydrogens (tertiary/aromatic N) is 2. The fraction of sp³-hybridized carbons (Fsp3) is 0.263. The molecule has 0 bridgehead atoms. The normalized spacial score (nSPS) is 14.4. The van der Waals surface area contributed by atoms with Crippen molar-refractivity contribution in [1.82, 2.24) is 4.90 Å². The van der Waals surface area contributed by atoms with Gasteiger partial charge in [0.15, 0.2) is 0 Å². The third-order valence-electron chi connectivity index (χ3n) is 4.39. The summed E-state index contributed by atoms with van der Waals surface area (Å²) in [6.45, 7) is 10.7. The third kappa shape index (κ3) is 3.02. The van der Waals surface area contributed by atoms with E-state index in [0.717, 1.165) is 53.5 Å². The Morgan fingerprint density at radius 3 is 2.61 bits per heavy atom. The average Bonchev–Trinajstić information content (AvgIpc) is 2.96. The van der Waals surface area contributed by atoms with Gasteiger partial charge >= 0.3 is 0 Å². The number of nitrogens with two attached hydrogens (primary N) is 1. The predicted molar refractivity (Wildman–Crippen MR) is 94.7 cm³/mol. The van der Waals surface area contributed by atoms with Gasteiger partial charge in [0.1, 0.15) is 5.82 Å². The van der Waals surface area contributed by atoms with Crippen molar-refractivity contribution in [1.29, 1.82) is 0 Å². The van der Waals surface area contributed by atoms with Gasteiger partial charge in [0.2, 0.25) is 0 Å². The summed E-state index contributed by atoms with van der Waals surface area (Å²) in [7, 11) is 0. The van der Waals surface area contributed by atoms with Crippen molar-refractivity contribution in [2.45, 2.75) is 13.8 Å². The number of rotatable bonds is 3. The SMILES string of the molecule is C=C(c1ccc(F)cc1C)N1CCN(c2ccc(C)cc2N)C1. The number of nitrogen functional groups attached to an aromatic ring is 1. The Morgan fingerprint density at radius 2 is 1.91 bits per heavy atom. The van der Waals surface area contributed by atoms with Gasteiger partial charge in [0, 0.05) is 24.4 Å². The molecule has 23 heavy (non-hydrogen) atoms.